The van der Waals surface area contributed by atoms with Gasteiger partial charge in [-0.1, -0.05) is 0 Å². The van der Waals surface area contributed by atoms with Crippen LogP contribution in [0, 0.1) is 0 Å². The molecule has 3 rings (SSSR count). The summed E-state index contributed by atoms with van der Waals surface area (Å²) in [5.41, 5.74) is -0.0608. The molecule has 4 atom stereocenters. The molecule has 19 heavy (non-hydrogen) atoms. The van der Waals surface area contributed by atoms with Crippen LogP contribution in [0.1, 0.15) is 6.23 Å². The van der Waals surface area contributed by atoms with Gasteiger partial charge in [-0.2, -0.15) is 0 Å². The molecule has 1 aliphatic heterocycles. The Morgan fingerprint density at radius 3 is 2.84 bits per heavy atom. The monoisotopic (exact) mass is 268 g/mol. The number of aromatic amines is 1. The van der Waals surface area contributed by atoms with Crippen molar-refractivity contribution in [2.24, 2.45) is 0 Å². The molecule has 0 amide bonds. The fourth-order valence-electron chi connectivity index (χ4n) is 2.16. The maximum atomic E-state index is 11.5. The molecule has 102 valence electrons. The molecule has 9 nitrogen and oxygen atoms in total. The summed E-state index contributed by atoms with van der Waals surface area (Å²) in [6.07, 6.45) is -1.78. The van der Waals surface area contributed by atoms with Crippen LogP contribution >= 0.6 is 0 Å². The zero-order valence-electron chi connectivity index (χ0n) is 9.67. The van der Waals surface area contributed by atoms with E-state index in [0.717, 1.165) is 0 Å². The summed E-state index contributed by atoms with van der Waals surface area (Å²) < 4.78 is 6.70. The predicted molar refractivity (Wildman–Crippen MR) is 61.2 cm³/mol. The van der Waals surface area contributed by atoms with Gasteiger partial charge in [-0.05, 0) is 0 Å². The van der Waals surface area contributed by atoms with Crippen LogP contribution < -0.4 is 5.56 Å². The average molecular weight is 268 g/mol. The molecular formula is C10H12N4O5. The van der Waals surface area contributed by atoms with Crippen molar-refractivity contribution in [3.05, 3.63) is 23.0 Å². The van der Waals surface area contributed by atoms with Gasteiger partial charge < -0.3 is 25.0 Å². The molecule has 0 saturated carbocycles. The Hall–Kier alpha value is -1.81. The van der Waals surface area contributed by atoms with Crippen LogP contribution in [0.2, 0.25) is 0 Å². The molecule has 0 radical (unpaired) electrons. The highest BCUT2D eigenvalue weighted by Gasteiger charge is 2.43. The van der Waals surface area contributed by atoms with E-state index in [1.54, 1.807) is 0 Å². The lowest BCUT2D eigenvalue weighted by atomic mass is 10.1. The van der Waals surface area contributed by atoms with E-state index < -0.39 is 36.7 Å². The first-order valence-corrected chi connectivity index (χ1v) is 5.66. The summed E-state index contributed by atoms with van der Waals surface area (Å²) in [6, 6.07) is 0. The number of nitrogens with zero attached hydrogens (tertiary/aromatic N) is 3. The van der Waals surface area contributed by atoms with Gasteiger partial charge in [0.25, 0.3) is 5.56 Å². The number of aliphatic hydroxyl groups excluding tert-OH is 3. The lowest BCUT2D eigenvalue weighted by Crippen LogP contribution is -2.33. The molecule has 0 spiro atoms. The Morgan fingerprint density at radius 2 is 2.16 bits per heavy atom. The van der Waals surface area contributed by atoms with Gasteiger partial charge in [0.15, 0.2) is 17.4 Å². The van der Waals surface area contributed by atoms with Crippen LogP contribution in [0.5, 0.6) is 0 Å². The van der Waals surface area contributed by atoms with Crippen LogP contribution in [-0.4, -0.2) is 59.8 Å². The van der Waals surface area contributed by atoms with Gasteiger partial charge in [-0.3, -0.25) is 9.36 Å². The molecule has 0 aromatic carbocycles. The van der Waals surface area contributed by atoms with E-state index in [4.69, 9.17) is 9.84 Å². The van der Waals surface area contributed by atoms with Crippen molar-refractivity contribution >= 4 is 11.2 Å². The Balaban J connectivity index is 2.06. The minimum Gasteiger partial charge on any atom is -0.394 e. The Morgan fingerprint density at radius 1 is 1.37 bits per heavy atom. The number of H-pyrrole nitrogens is 1. The fraction of sp³-hybridized carbons (Fsp3) is 0.500. The van der Waals surface area contributed by atoms with Crippen molar-refractivity contribution in [3.8, 4) is 0 Å². The summed E-state index contributed by atoms with van der Waals surface area (Å²) in [4.78, 5) is 21.8. The molecular weight excluding hydrogens is 256 g/mol. The summed E-state index contributed by atoms with van der Waals surface area (Å²) in [5, 5.41) is 28.6. The van der Waals surface area contributed by atoms with E-state index in [0.29, 0.717) is 0 Å². The number of aliphatic hydroxyl groups is 3. The number of ether oxygens (including phenoxy) is 1. The number of aromatic nitrogens is 4. The Kier molecular flexibility index (Phi) is 2.82. The van der Waals surface area contributed by atoms with E-state index in [-0.39, 0.29) is 11.2 Å². The zero-order chi connectivity index (χ0) is 13.6. The minimum absolute atomic E-state index is 0.111. The van der Waals surface area contributed by atoms with Crippen LogP contribution in [0.15, 0.2) is 17.4 Å². The third-order valence-electron chi connectivity index (χ3n) is 3.16. The van der Waals surface area contributed by atoms with Gasteiger partial charge in [0.2, 0.25) is 0 Å². The van der Waals surface area contributed by atoms with Crippen molar-refractivity contribution in [2.75, 3.05) is 6.61 Å². The first-order valence-electron chi connectivity index (χ1n) is 5.66. The van der Waals surface area contributed by atoms with Gasteiger partial charge in [-0.15, -0.1) is 0 Å². The van der Waals surface area contributed by atoms with Crippen LogP contribution in [0.4, 0.5) is 0 Å². The number of hydrogen-bond donors (Lipinski definition) is 4. The van der Waals surface area contributed by atoms with Gasteiger partial charge in [-0.25, -0.2) is 9.97 Å². The maximum Gasteiger partial charge on any atom is 0.278 e. The number of nitrogens with one attached hydrogen (secondary N) is 1. The largest absolute Gasteiger partial charge is 0.394 e. The van der Waals surface area contributed by atoms with E-state index in [2.05, 4.69) is 15.0 Å². The summed E-state index contributed by atoms with van der Waals surface area (Å²) in [5.74, 6) is 0. The molecule has 3 heterocycles. The van der Waals surface area contributed by atoms with Gasteiger partial charge in [0.1, 0.15) is 18.3 Å². The topological polar surface area (TPSA) is 133 Å². The minimum atomic E-state index is -1.24. The SMILES string of the molecule is O=c1[nH]cnc2c1ncn2C1O[C@@H](CO)[C@H](O)[C@@H]1O. The summed E-state index contributed by atoms with van der Waals surface area (Å²) >= 11 is 0. The highest BCUT2D eigenvalue weighted by molar-refractivity contribution is 5.68. The second kappa shape index (κ2) is 4.38. The average Bonchev–Trinajstić information content (AvgIpc) is 2.94. The molecule has 0 aliphatic carbocycles. The molecule has 9 heteroatoms. The molecule has 1 unspecified atom stereocenters. The third kappa shape index (κ3) is 1.75. The van der Waals surface area contributed by atoms with Gasteiger partial charge >= 0.3 is 0 Å². The first kappa shape index (κ1) is 12.2. The zero-order valence-corrected chi connectivity index (χ0v) is 9.67. The van der Waals surface area contributed by atoms with Crippen molar-refractivity contribution < 1.29 is 20.1 Å². The highest BCUT2D eigenvalue weighted by Crippen LogP contribution is 2.30. The molecule has 0 bridgehead atoms. The van der Waals surface area contributed by atoms with E-state index in [1.165, 1.54) is 17.2 Å². The lowest BCUT2D eigenvalue weighted by molar-refractivity contribution is -0.0511. The van der Waals surface area contributed by atoms with Crippen molar-refractivity contribution in [1.82, 2.24) is 19.5 Å². The molecule has 2 aromatic heterocycles. The van der Waals surface area contributed by atoms with Crippen LogP contribution in [0.25, 0.3) is 11.2 Å². The smallest absolute Gasteiger partial charge is 0.278 e. The van der Waals surface area contributed by atoms with E-state index in [9.17, 15) is 15.0 Å². The van der Waals surface area contributed by atoms with Crippen molar-refractivity contribution in [1.29, 1.82) is 0 Å². The normalized spacial score (nSPS) is 31.1. The second-order valence-electron chi connectivity index (χ2n) is 4.28. The van der Waals surface area contributed by atoms with Gasteiger partial charge in [0.05, 0.1) is 19.3 Å². The van der Waals surface area contributed by atoms with E-state index >= 15 is 0 Å². The Bertz CT molecular complexity index is 653. The number of hydrogen-bond acceptors (Lipinski definition) is 7. The quantitative estimate of drug-likeness (QED) is 0.482. The fourth-order valence-corrected chi connectivity index (χ4v) is 2.16. The van der Waals surface area contributed by atoms with Gasteiger partial charge in [0, 0.05) is 0 Å². The standard InChI is InChI=1S/C10H12N4O5/c15-1-4-6(16)7(17)10(19-4)14-3-13-5-8(14)11-2-12-9(5)18/h2-4,6-7,10,15-17H,1H2,(H,11,12,18)/t4-,6-,7-,10?/m0/s1. The van der Waals surface area contributed by atoms with Crippen LogP contribution in [-0.2, 0) is 4.74 Å². The van der Waals surface area contributed by atoms with E-state index in [1.807, 2.05) is 0 Å². The summed E-state index contributed by atoms with van der Waals surface area (Å²) in [7, 11) is 0. The molecule has 1 saturated heterocycles. The third-order valence-corrected chi connectivity index (χ3v) is 3.16. The molecule has 2 aromatic rings. The van der Waals surface area contributed by atoms with Crippen molar-refractivity contribution in [3.63, 3.8) is 0 Å². The summed E-state index contributed by atoms with van der Waals surface area (Å²) in [6.45, 7) is -0.421. The molecule has 1 fully saturated rings. The second-order valence-corrected chi connectivity index (χ2v) is 4.28. The van der Waals surface area contributed by atoms with Crippen LogP contribution in [0.3, 0.4) is 0 Å². The first-order chi connectivity index (χ1) is 9.13. The Labute approximate surface area is 106 Å². The highest BCUT2D eigenvalue weighted by atomic mass is 16.6. The molecule has 4 N–H and O–H groups in total. The maximum absolute atomic E-state index is 11.5. The number of imidazole rings is 1. The van der Waals surface area contributed by atoms with Crippen molar-refractivity contribution in [2.45, 2.75) is 24.5 Å². The number of rotatable bonds is 2. The lowest BCUT2D eigenvalue weighted by Gasteiger charge is -2.16. The molecule has 1 aliphatic rings. The number of fused-ring (bicyclic) bond motifs is 1. The predicted octanol–water partition coefficient (Wildman–Crippen LogP) is -2.27.